The lowest BCUT2D eigenvalue weighted by atomic mass is 9.98. The summed E-state index contributed by atoms with van der Waals surface area (Å²) in [5.74, 6) is 0.331. The van der Waals surface area contributed by atoms with E-state index in [9.17, 15) is 4.79 Å². The minimum absolute atomic E-state index is 0.000573. The van der Waals surface area contributed by atoms with Crippen molar-refractivity contribution in [2.24, 2.45) is 0 Å². The molecular weight excluding hydrogens is 334 g/mol. The molecule has 0 spiro atoms. The summed E-state index contributed by atoms with van der Waals surface area (Å²) >= 11 is 1.73. The van der Waals surface area contributed by atoms with E-state index in [0.29, 0.717) is 18.2 Å². The van der Waals surface area contributed by atoms with Crippen molar-refractivity contribution in [2.75, 3.05) is 13.1 Å². The fourth-order valence-corrected chi connectivity index (χ4v) is 4.09. The number of thiazole rings is 1. The molecule has 0 aromatic carbocycles. The van der Waals surface area contributed by atoms with Gasteiger partial charge in [0.05, 0.1) is 10.7 Å². The van der Waals surface area contributed by atoms with E-state index in [0.717, 1.165) is 35.7 Å². The molecule has 0 saturated carbocycles. The van der Waals surface area contributed by atoms with Gasteiger partial charge in [0.1, 0.15) is 5.69 Å². The van der Waals surface area contributed by atoms with Gasteiger partial charge in [-0.25, -0.2) is 4.98 Å². The van der Waals surface area contributed by atoms with Crippen LogP contribution in [0, 0.1) is 6.92 Å². The predicted molar refractivity (Wildman–Crippen MR) is 96.5 cm³/mol. The van der Waals surface area contributed by atoms with Gasteiger partial charge in [0.25, 0.3) is 5.91 Å². The molecule has 3 aromatic heterocycles. The van der Waals surface area contributed by atoms with Gasteiger partial charge >= 0.3 is 0 Å². The number of pyridine rings is 1. The third-order valence-electron chi connectivity index (χ3n) is 4.46. The molecule has 1 aliphatic heterocycles. The molecule has 0 bridgehead atoms. The van der Waals surface area contributed by atoms with Crippen molar-refractivity contribution < 1.29 is 4.79 Å². The van der Waals surface area contributed by atoms with Gasteiger partial charge in [0, 0.05) is 48.0 Å². The first-order chi connectivity index (χ1) is 12.2. The lowest BCUT2D eigenvalue weighted by molar-refractivity contribution is 0.0701. The number of hydrogen-bond donors (Lipinski definition) is 1. The van der Waals surface area contributed by atoms with Crippen molar-refractivity contribution in [1.29, 1.82) is 0 Å². The topological polar surface area (TPSA) is 74.8 Å². The predicted octanol–water partition coefficient (Wildman–Crippen LogP) is 3.26. The third-order valence-corrected chi connectivity index (χ3v) is 5.54. The van der Waals surface area contributed by atoms with Gasteiger partial charge in [-0.3, -0.25) is 14.9 Å². The van der Waals surface area contributed by atoms with Gasteiger partial charge in [-0.15, -0.1) is 11.3 Å². The summed E-state index contributed by atoms with van der Waals surface area (Å²) in [6.07, 6.45) is 7.46. The minimum Gasteiger partial charge on any atom is -0.337 e. The Morgan fingerprint density at radius 1 is 1.40 bits per heavy atom. The first kappa shape index (κ1) is 16.0. The van der Waals surface area contributed by atoms with Crippen molar-refractivity contribution in [3.63, 3.8) is 0 Å². The van der Waals surface area contributed by atoms with E-state index in [1.54, 1.807) is 29.8 Å². The Balaban J connectivity index is 1.50. The van der Waals surface area contributed by atoms with Crippen molar-refractivity contribution in [3.8, 4) is 11.3 Å². The largest absolute Gasteiger partial charge is 0.337 e. The number of nitrogens with one attached hydrogen (secondary N) is 1. The summed E-state index contributed by atoms with van der Waals surface area (Å²) in [6.45, 7) is 3.56. The van der Waals surface area contributed by atoms with Crippen LogP contribution in [0.4, 0.5) is 0 Å². The van der Waals surface area contributed by atoms with Gasteiger partial charge < -0.3 is 4.90 Å². The van der Waals surface area contributed by atoms with Crippen molar-refractivity contribution in [3.05, 3.63) is 52.4 Å². The standard InChI is InChI=1S/C18H19N5OS/c1-12-9-20-17(25-12)14-5-3-7-23(11-14)18(24)16-8-15(21-22-16)13-4-2-6-19-10-13/h2,4,6,8-10,14H,3,5,7,11H2,1H3,(H,21,22)/t14-/m0/s1. The Bertz CT molecular complexity index is 872. The highest BCUT2D eigenvalue weighted by Crippen LogP contribution is 2.30. The molecule has 0 aliphatic carbocycles. The molecule has 25 heavy (non-hydrogen) atoms. The average molecular weight is 353 g/mol. The number of amides is 1. The van der Waals surface area contributed by atoms with Crippen LogP contribution < -0.4 is 0 Å². The molecule has 3 aromatic rings. The Morgan fingerprint density at radius 3 is 3.08 bits per heavy atom. The molecule has 4 heterocycles. The third kappa shape index (κ3) is 3.32. The summed E-state index contributed by atoms with van der Waals surface area (Å²) in [7, 11) is 0. The summed E-state index contributed by atoms with van der Waals surface area (Å²) in [4.78, 5) is 24.6. The summed E-state index contributed by atoms with van der Waals surface area (Å²) in [5, 5.41) is 8.27. The van der Waals surface area contributed by atoms with Gasteiger partial charge in [-0.05, 0) is 38.0 Å². The Labute approximate surface area is 149 Å². The number of carbonyl (C=O) groups is 1. The van der Waals surface area contributed by atoms with E-state index in [1.807, 2.05) is 23.2 Å². The van der Waals surface area contributed by atoms with Crippen LogP contribution in [0.15, 0.2) is 36.8 Å². The molecule has 1 amide bonds. The molecule has 7 heteroatoms. The highest BCUT2D eigenvalue weighted by atomic mass is 32.1. The number of likely N-dealkylation sites (tertiary alicyclic amines) is 1. The zero-order valence-corrected chi connectivity index (χ0v) is 14.8. The van der Waals surface area contributed by atoms with Gasteiger partial charge in [-0.2, -0.15) is 5.10 Å². The Hall–Kier alpha value is -2.54. The van der Waals surface area contributed by atoms with Crippen LogP contribution in [-0.4, -0.2) is 44.1 Å². The SMILES string of the molecule is Cc1cnc([C@H]2CCCN(C(=O)c3cc(-c4cccnc4)n[nH]3)C2)s1. The molecule has 1 atom stereocenters. The highest BCUT2D eigenvalue weighted by Gasteiger charge is 2.28. The molecule has 1 N–H and O–H groups in total. The maximum absolute atomic E-state index is 12.8. The quantitative estimate of drug-likeness (QED) is 0.784. The van der Waals surface area contributed by atoms with Crippen LogP contribution in [0.1, 0.15) is 39.1 Å². The Kier molecular flexibility index (Phi) is 4.31. The van der Waals surface area contributed by atoms with E-state index >= 15 is 0 Å². The van der Waals surface area contributed by atoms with Gasteiger partial charge in [0.15, 0.2) is 0 Å². The second-order valence-corrected chi connectivity index (χ2v) is 7.57. The normalized spacial score (nSPS) is 17.6. The monoisotopic (exact) mass is 353 g/mol. The van der Waals surface area contributed by atoms with Crippen LogP contribution in [0.5, 0.6) is 0 Å². The summed E-state index contributed by atoms with van der Waals surface area (Å²) in [6, 6.07) is 5.59. The van der Waals surface area contributed by atoms with E-state index in [-0.39, 0.29) is 5.91 Å². The maximum Gasteiger partial charge on any atom is 0.271 e. The number of carbonyl (C=O) groups excluding carboxylic acids is 1. The smallest absolute Gasteiger partial charge is 0.271 e. The van der Waals surface area contributed by atoms with Crippen molar-refractivity contribution in [2.45, 2.75) is 25.7 Å². The number of piperidine rings is 1. The number of aryl methyl sites for hydroxylation is 1. The number of aromatic nitrogens is 4. The first-order valence-corrected chi connectivity index (χ1v) is 9.20. The lowest BCUT2D eigenvalue weighted by Crippen LogP contribution is -2.39. The molecule has 1 saturated heterocycles. The van der Waals surface area contributed by atoms with E-state index in [4.69, 9.17) is 0 Å². The van der Waals surface area contributed by atoms with Crippen molar-refractivity contribution >= 4 is 17.2 Å². The molecular formula is C18H19N5OS. The van der Waals surface area contributed by atoms with Gasteiger partial charge in [0.2, 0.25) is 0 Å². The molecule has 0 unspecified atom stereocenters. The number of hydrogen-bond acceptors (Lipinski definition) is 5. The lowest BCUT2D eigenvalue weighted by Gasteiger charge is -2.31. The second kappa shape index (κ2) is 6.76. The second-order valence-electron chi connectivity index (χ2n) is 6.31. The number of rotatable bonds is 3. The average Bonchev–Trinajstić information content (AvgIpc) is 3.31. The van der Waals surface area contributed by atoms with Crippen molar-refractivity contribution in [1.82, 2.24) is 25.1 Å². The van der Waals surface area contributed by atoms with Crippen LogP contribution in [0.3, 0.4) is 0 Å². The minimum atomic E-state index is 0.000573. The zero-order chi connectivity index (χ0) is 17.2. The summed E-state index contributed by atoms with van der Waals surface area (Å²) in [5.41, 5.74) is 2.16. The van der Waals surface area contributed by atoms with Crippen LogP contribution >= 0.6 is 11.3 Å². The number of aromatic amines is 1. The van der Waals surface area contributed by atoms with E-state index < -0.39 is 0 Å². The number of H-pyrrole nitrogens is 1. The zero-order valence-electron chi connectivity index (χ0n) is 14.0. The molecule has 4 rings (SSSR count). The van der Waals surface area contributed by atoms with Crippen LogP contribution in [0.2, 0.25) is 0 Å². The van der Waals surface area contributed by atoms with Gasteiger partial charge in [-0.1, -0.05) is 0 Å². The molecule has 1 aliphatic rings. The molecule has 128 valence electrons. The number of nitrogens with zero attached hydrogens (tertiary/aromatic N) is 4. The first-order valence-electron chi connectivity index (χ1n) is 8.38. The molecule has 6 nitrogen and oxygen atoms in total. The summed E-state index contributed by atoms with van der Waals surface area (Å²) < 4.78 is 0. The van der Waals surface area contributed by atoms with E-state index in [2.05, 4.69) is 27.1 Å². The van der Waals surface area contributed by atoms with Crippen LogP contribution in [0.25, 0.3) is 11.3 Å². The maximum atomic E-state index is 12.8. The molecule has 1 fully saturated rings. The van der Waals surface area contributed by atoms with Crippen LogP contribution in [-0.2, 0) is 0 Å². The highest BCUT2D eigenvalue weighted by molar-refractivity contribution is 7.11. The van der Waals surface area contributed by atoms with E-state index in [1.165, 1.54) is 4.88 Å². The fraction of sp³-hybridized carbons (Fsp3) is 0.333. The Morgan fingerprint density at radius 2 is 2.32 bits per heavy atom. The molecule has 0 radical (unpaired) electrons. The fourth-order valence-electron chi connectivity index (χ4n) is 3.19.